The average molecular weight is 347 g/mol. The number of alkyl halides is 1. The summed E-state index contributed by atoms with van der Waals surface area (Å²) in [6.45, 7) is 1.80. The highest BCUT2D eigenvalue weighted by Gasteiger charge is 2.27. The Kier molecular flexibility index (Phi) is 5.13. The maximum Gasteiger partial charge on any atom is 0.433 e. The first kappa shape index (κ1) is 15.0. The number of amides is 1. The van der Waals surface area contributed by atoms with Gasteiger partial charge in [-0.25, -0.2) is 0 Å². The Hall–Kier alpha value is -1.41. The number of ether oxygens (including phenoxy) is 1. The lowest BCUT2D eigenvalue weighted by Gasteiger charge is -2.31. The predicted molar refractivity (Wildman–Crippen MR) is 74.0 cm³/mol. The summed E-state index contributed by atoms with van der Waals surface area (Å²) in [6, 6.07) is 2.53. The van der Waals surface area contributed by atoms with Gasteiger partial charge in [-0.3, -0.25) is 14.9 Å². The first-order valence-corrected chi connectivity index (χ1v) is 7.45. The van der Waals surface area contributed by atoms with Crippen molar-refractivity contribution in [3.63, 3.8) is 0 Å². The molecule has 1 aliphatic heterocycles. The third kappa shape index (κ3) is 3.57. The molecule has 0 saturated carbocycles. The van der Waals surface area contributed by atoms with Gasteiger partial charge in [0.2, 0.25) is 0 Å². The van der Waals surface area contributed by atoms with E-state index in [1.165, 1.54) is 12.1 Å². The zero-order chi connectivity index (χ0) is 14.5. The van der Waals surface area contributed by atoms with Crippen LogP contribution >= 0.6 is 15.9 Å². The third-order valence-corrected chi connectivity index (χ3v) is 3.47. The smallest absolute Gasteiger partial charge is 0.395 e. The van der Waals surface area contributed by atoms with Gasteiger partial charge < -0.3 is 14.1 Å². The fourth-order valence-electron chi connectivity index (χ4n) is 2.13. The number of carbonyl (C=O) groups excluding carboxylic acids is 1. The average Bonchev–Trinajstić information content (AvgIpc) is 2.95. The zero-order valence-corrected chi connectivity index (χ0v) is 12.4. The fraction of sp³-hybridized carbons (Fsp3) is 0.583. The Bertz CT molecular complexity index is 482. The van der Waals surface area contributed by atoms with Crippen molar-refractivity contribution >= 4 is 27.7 Å². The molecule has 8 heteroatoms. The monoisotopic (exact) mass is 346 g/mol. The normalized spacial score (nSPS) is 16.4. The van der Waals surface area contributed by atoms with Gasteiger partial charge >= 0.3 is 5.88 Å². The van der Waals surface area contributed by atoms with E-state index < -0.39 is 10.8 Å². The highest BCUT2D eigenvalue weighted by atomic mass is 79.9. The van der Waals surface area contributed by atoms with Crippen LogP contribution in [0.25, 0.3) is 0 Å². The van der Waals surface area contributed by atoms with Crippen LogP contribution in [0.15, 0.2) is 16.5 Å². The van der Waals surface area contributed by atoms with Crippen molar-refractivity contribution in [1.29, 1.82) is 0 Å². The summed E-state index contributed by atoms with van der Waals surface area (Å²) in [4.78, 5) is 23.6. The van der Waals surface area contributed by atoms with Crippen molar-refractivity contribution < 1.29 is 18.9 Å². The van der Waals surface area contributed by atoms with E-state index in [0.717, 1.165) is 18.2 Å². The molecule has 110 valence electrons. The van der Waals surface area contributed by atoms with Crippen LogP contribution in [0.2, 0.25) is 0 Å². The van der Waals surface area contributed by atoms with Crippen LogP contribution in [0.5, 0.6) is 0 Å². The number of likely N-dealkylation sites (tertiary alicyclic amines) is 1. The molecule has 1 saturated heterocycles. The van der Waals surface area contributed by atoms with E-state index in [1.54, 1.807) is 4.90 Å². The first-order valence-electron chi connectivity index (χ1n) is 6.33. The van der Waals surface area contributed by atoms with Crippen molar-refractivity contribution in [1.82, 2.24) is 4.90 Å². The first-order chi connectivity index (χ1) is 9.61. The molecule has 2 heterocycles. The standard InChI is InChI=1S/C12H15BrN2O5/c13-5-8-19-9-3-6-14(7-4-9)12(16)10-1-2-11(20-10)15(17)18/h1-2,9H,3-8H2. The molecule has 1 aromatic heterocycles. The predicted octanol–water partition coefficient (Wildman–Crippen LogP) is 2.20. The number of furan rings is 1. The summed E-state index contributed by atoms with van der Waals surface area (Å²) in [5.41, 5.74) is 0. The Morgan fingerprint density at radius 3 is 2.75 bits per heavy atom. The van der Waals surface area contributed by atoms with E-state index >= 15 is 0 Å². The van der Waals surface area contributed by atoms with Crippen LogP contribution in [-0.4, -0.2) is 46.9 Å². The van der Waals surface area contributed by atoms with Crippen LogP contribution < -0.4 is 0 Å². The Balaban J connectivity index is 1.89. The van der Waals surface area contributed by atoms with Crippen molar-refractivity contribution in [3.8, 4) is 0 Å². The second-order valence-electron chi connectivity index (χ2n) is 4.45. The second kappa shape index (κ2) is 6.85. The molecule has 0 aliphatic carbocycles. The number of hydrogen-bond acceptors (Lipinski definition) is 5. The number of rotatable bonds is 5. The molecule has 0 aromatic carbocycles. The summed E-state index contributed by atoms with van der Waals surface area (Å²) >= 11 is 3.30. The molecule has 0 atom stereocenters. The van der Waals surface area contributed by atoms with Crippen LogP contribution in [0.4, 0.5) is 5.88 Å². The van der Waals surface area contributed by atoms with Gasteiger partial charge in [-0.1, -0.05) is 15.9 Å². The second-order valence-corrected chi connectivity index (χ2v) is 5.24. The van der Waals surface area contributed by atoms with Crippen LogP contribution in [0, 0.1) is 10.1 Å². The molecule has 0 radical (unpaired) electrons. The molecule has 20 heavy (non-hydrogen) atoms. The van der Waals surface area contributed by atoms with Gasteiger partial charge in [0, 0.05) is 18.4 Å². The molecular weight excluding hydrogens is 332 g/mol. The highest BCUT2D eigenvalue weighted by Crippen LogP contribution is 2.20. The summed E-state index contributed by atoms with van der Waals surface area (Å²) in [5, 5.41) is 11.3. The largest absolute Gasteiger partial charge is 0.433 e. The highest BCUT2D eigenvalue weighted by molar-refractivity contribution is 9.09. The number of piperidine rings is 1. The van der Waals surface area contributed by atoms with Gasteiger partial charge in [-0.15, -0.1) is 0 Å². The van der Waals surface area contributed by atoms with E-state index in [-0.39, 0.29) is 17.8 Å². The van der Waals surface area contributed by atoms with E-state index in [2.05, 4.69) is 15.9 Å². The quantitative estimate of drug-likeness (QED) is 0.463. The molecule has 0 bridgehead atoms. The van der Waals surface area contributed by atoms with Gasteiger partial charge in [0.1, 0.15) is 4.92 Å². The maximum absolute atomic E-state index is 12.1. The molecule has 1 aromatic rings. The van der Waals surface area contributed by atoms with Crippen molar-refractivity contribution in [2.75, 3.05) is 25.0 Å². The van der Waals surface area contributed by atoms with Gasteiger partial charge in [0.05, 0.1) is 18.8 Å². The minimum Gasteiger partial charge on any atom is -0.395 e. The summed E-state index contributed by atoms with van der Waals surface area (Å²) in [7, 11) is 0. The molecule has 0 spiro atoms. The van der Waals surface area contributed by atoms with Crippen molar-refractivity contribution in [3.05, 3.63) is 28.0 Å². The molecule has 2 rings (SSSR count). The number of nitro groups is 1. The lowest BCUT2D eigenvalue weighted by Crippen LogP contribution is -2.40. The SMILES string of the molecule is O=C(c1ccc([N+](=O)[O-])o1)N1CCC(OCCBr)CC1. The zero-order valence-electron chi connectivity index (χ0n) is 10.8. The van der Waals surface area contributed by atoms with Crippen molar-refractivity contribution in [2.24, 2.45) is 0 Å². The van der Waals surface area contributed by atoms with E-state index in [0.29, 0.717) is 19.7 Å². The van der Waals surface area contributed by atoms with Crippen LogP contribution in [0.1, 0.15) is 23.4 Å². The number of hydrogen-bond donors (Lipinski definition) is 0. The van der Waals surface area contributed by atoms with Gasteiger partial charge in [0.15, 0.2) is 5.76 Å². The molecule has 1 aliphatic rings. The van der Waals surface area contributed by atoms with E-state index in [1.807, 2.05) is 0 Å². The lowest BCUT2D eigenvalue weighted by molar-refractivity contribution is -0.402. The summed E-state index contributed by atoms with van der Waals surface area (Å²) < 4.78 is 10.5. The number of halogens is 1. The van der Waals surface area contributed by atoms with Gasteiger partial charge in [-0.05, 0) is 18.9 Å². The molecule has 7 nitrogen and oxygen atoms in total. The fourth-order valence-corrected chi connectivity index (χ4v) is 2.32. The van der Waals surface area contributed by atoms with Crippen molar-refractivity contribution in [2.45, 2.75) is 18.9 Å². The number of nitrogens with zero attached hydrogens (tertiary/aromatic N) is 2. The summed E-state index contributed by atoms with van der Waals surface area (Å²) in [5.74, 6) is -0.711. The van der Waals surface area contributed by atoms with Crippen LogP contribution in [-0.2, 0) is 4.74 Å². The topological polar surface area (TPSA) is 85.8 Å². The van der Waals surface area contributed by atoms with E-state index in [9.17, 15) is 14.9 Å². The van der Waals surface area contributed by atoms with Crippen LogP contribution in [0.3, 0.4) is 0 Å². The van der Waals surface area contributed by atoms with Gasteiger partial charge in [0.25, 0.3) is 5.91 Å². The summed E-state index contributed by atoms with van der Waals surface area (Å²) in [6.07, 6.45) is 1.70. The molecule has 1 fully saturated rings. The van der Waals surface area contributed by atoms with Gasteiger partial charge in [-0.2, -0.15) is 0 Å². The Labute approximate surface area is 124 Å². The minimum atomic E-state index is -0.656. The molecule has 0 N–H and O–H groups in total. The molecular formula is C12H15BrN2O5. The minimum absolute atomic E-state index is 0.0107. The lowest BCUT2D eigenvalue weighted by atomic mass is 10.1. The number of carbonyl (C=O) groups is 1. The maximum atomic E-state index is 12.1. The van der Waals surface area contributed by atoms with E-state index in [4.69, 9.17) is 9.15 Å². The third-order valence-electron chi connectivity index (χ3n) is 3.14. The Morgan fingerprint density at radius 2 is 2.20 bits per heavy atom. The molecule has 1 amide bonds. The molecule has 0 unspecified atom stereocenters. The Morgan fingerprint density at radius 1 is 1.50 bits per heavy atom.